The summed E-state index contributed by atoms with van der Waals surface area (Å²) >= 11 is 0. The number of anilines is 2. The van der Waals surface area contributed by atoms with Crippen LogP contribution in [0.5, 0.6) is 0 Å². The number of rotatable bonds is 5. The molecule has 3 aromatic rings. The monoisotopic (exact) mass is 480 g/mol. The summed E-state index contributed by atoms with van der Waals surface area (Å²) in [6.07, 6.45) is -3.44. The summed E-state index contributed by atoms with van der Waals surface area (Å²) in [5, 5.41) is 2.88. The molecule has 3 aromatic carbocycles. The highest BCUT2D eigenvalue weighted by Crippen LogP contribution is 2.45. The third-order valence-electron chi connectivity index (χ3n) is 6.69. The van der Waals surface area contributed by atoms with Gasteiger partial charge in [-0.3, -0.25) is 9.59 Å². The second kappa shape index (κ2) is 9.56. The van der Waals surface area contributed by atoms with E-state index in [1.165, 1.54) is 6.07 Å². The first-order valence-electron chi connectivity index (χ1n) is 11.5. The minimum absolute atomic E-state index is 0.0424. The van der Waals surface area contributed by atoms with Gasteiger partial charge in [0, 0.05) is 36.7 Å². The molecule has 35 heavy (non-hydrogen) atoms. The number of halogens is 3. The van der Waals surface area contributed by atoms with Gasteiger partial charge in [0.1, 0.15) is 0 Å². The van der Waals surface area contributed by atoms with E-state index < -0.39 is 11.7 Å². The maximum absolute atomic E-state index is 13.0. The van der Waals surface area contributed by atoms with E-state index >= 15 is 0 Å². The highest BCUT2D eigenvalue weighted by Gasteiger charge is 2.38. The lowest BCUT2D eigenvalue weighted by molar-refractivity contribution is -0.137. The number of alkyl halides is 3. The van der Waals surface area contributed by atoms with Crippen LogP contribution in [0.3, 0.4) is 0 Å². The Balaban J connectivity index is 1.55. The Kier molecular flexibility index (Phi) is 6.70. The molecule has 0 saturated carbocycles. The fourth-order valence-corrected chi connectivity index (χ4v) is 4.70. The van der Waals surface area contributed by atoms with Crippen molar-refractivity contribution in [2.45, 2.75) is 44.7 Å². The predicted octanol–water partition coefficient (Wildman–Crippen LogP) is 6.34. The molecular weight excluding hydrogens is 453 g/mol. The third kappa shape index (κ3) is 5.24. The first-order chi connectivity index (χ1) is 16.6. The maximum atomic E-state index is 13.0. The molecule has 0 radical (unpaired) electrons. The van der Waals surface area contributed by atoms with Crippen molar-refractivity contribution in [3.63, 3.8) is 0 Å². The Hall–Kier alpha value is -3.61. The van der Waals surface area contributed by atoms with E-state index in [1.54, 1.807) is 24.0 Å². The highest BCUT2D eigenvalue weighted by molar-refractivity contribution is 5.95. The molecule has 1 aliphatic rings. The lowest BCUT2D eigenvalue weighted by atomic mass is 9.71. The standard InChI is InChI=1S/C28H27F3N2O2/c1-19(34)33-16-15-27(2,21-8-4-3-5-9-21)24-18-23(12-13-25(24)33)32-26(35)14-11-20-7-6-10-22(17-20)28(29,30)31/h3-10,12-13,17-18H,11,14-16H2,1-2H3,(H,32,35). The average molecular weight is 481 g/mol. The molecule has 0 bridgehead atoms. The van der Waals surface area contributed by atoms with Gasteiger partial charge in [0.2, 0.25) is 11.8 Å². The molecule has 182 valence electrons. The van der Waals surface area contributed by atoms with Crippen molar-refractivity contribution < 1.29 is 22.8 Å². The molecule has 1 aliphatic heterocycles. The normalized spacial score (nSPS) is 17.6. The number of aryl methyl sites for hydroxylation is 1. The molecule has 0 spiro atoms. The molecule has 2 amide bonds. The lowest BCUT2D eigenvalue weighted by Gasteiger charge is -2.41. The Morgan fingerprint density at radius 3 is 2.43 bits per heavy atom. The van der Waals surface area contributed by atoms with Crippen LogP contribution in [0.15, 0.2) is 72.8 Å². The van der Waals surface area contributed by atoms with Gasteiger partial charge in [-0.05, 0) is 53.8 Å². The molecule has 7 heteroatoms. The summed E-state index contributed by atoms with van der Waals surface area (Å²) in [5.74, 6) is -0.331. The topological polar surface area (TPSA) is 49.4 Å². The molecule has 4 nitrogen and oxygen atoms in total. The zero-order chi connectivity index (χ0) is 25.2. The van der Waals surface area contributed by atoms with Crippen LogP contribution in [0.2, 0.25) is 0 Å². The molecule has 0 fully saturated rings. The third-order valence-corrected chi connectivity index (χ3v) is 6.69. The van der Waals surface area contributed by atoms with Crippen LogP contribution in [0, 0.1) is 0 Å². The van der Waals surface area contributed by atoms with Crippen molar-refractivity contribution >= 4 is 23.2 Å². The smallest absolute Gasteiger partial charge is 0.326 e. The number of amides is 2. The molecule has 1 atom stereocenters. The molecule has 1 heterocycles. The van der Waals surface area contributed by atoms with E-state index in [1.807, 2.05) is 30.3 Å². The largest absolute Gasteiger partial charge is 0.416 e. The van der Waals surface area contributed by atoms with Crippen molar-refractivity contribution in [3.05, 3.63) is 95.1 Å². The van der Waals surface area contributed by atoms with E-state index in [-0.39, 0.29) is 30.1 Å². The number of hydrogen-bond acceptors (Lipinski definition) is 2. The molecule has 0 aliphatic carbocycles. The fraction of sp³-hybridized carbons (Fsp3) is 0.286. The predicted molar refractivity (Wildman–Crippen MR) is 130 cm³/mol. The number of nitrogens with zero attached hydrogens (tertiary/aromatic N) is 1. The average Bonchev–Trinajstić information content (AvgIpc) is 2.83. The van der Waals surface area contributed by atoms with Gasteiger partial charge in [-0.2, -0.15) is 13.2 Å². The Labute approximate surface area is 202 Å². The number of benzene rings is 3. The van der Waals surface area contributed by atoms with E-state index in [0.29, 0.717) is 17.8 Å². The molecule has 4 rings (SSSR count). The van der Waals surface area contributed by atoms with Gasteiger partial charge in [0.15, 0.2) is 0 Å². The maximum Gasteiger partial charge on any atom is 0.416 e. The molecule has 0 saturated heterocycles. The minimum Gasteiger partial charge on any atom is -0.326 e. The summed E-state index contributed by atoms with van der Waals surface area (Å²) in [6.45, 7) is 4.27. The van der Waals surface area contributed by atoms with Crippen LogP contribution in [0.4, 0.5) is 24.5 Å². The second-order valence-corrected chi connectivity index (χ2v) is 9.10. The van der Waals surface area contributed by atoms with Crippen LogP contribution in [-0.4, -0.2) is 18.4 Å². The van der Waals surface area contributed by atoms with Crippen LogP contribution in [-0.2, 0) is 27.6 Å². The van der Waals surface area contributed by atoms with Gasteiger partial charge in [-0.25, -0.2) is 0 Å². The summed E-state index contributed by atoms with van der Waals surface area (Å²) in [5.41, 5.74) is 2.86. The van der Waals surface area contributed by atoms with E-state index in [2.05, 4.69) is 24.4 Å². The number of carbonyl (C=O) groups is 2. The van der Waals surface area contributed by atoms with Gasteiger partial charge in [0.25, 0.3) is 0 Å². The summed E-state index contributed by atoms with van der Waals surface area (Å²) in [6, 6.07) is 20.6. The van der Waals surface area contributed by atoms with Gasteiger partial charge in [-0.15, -0.1) is 0 Å². The van der Waals surface area contributed by atoms with Crippen molar-refractivity contribution in [2.24, 2.45) is 0 Å². The zero-order valence-electron chi connectivity index (χ0n) is 19.7. The van der Waals surface area contributed by atoms with Crippen LogP contribution in [0.25, 0.3) is 0 Å². The molecule has 1 N–H and O–H groups in total. The van der Waals surface area contributed by atoms with Crippen molar-refractivity contribution in [3.8, 4) is 0 Å². The number of fused-ring (bicyclic) bond motifs is 1. The van der Waals surface area contributed by atoms with Gasteiger partial charge in [-0.1, -0.05) is 55.5 Å². The Morgan fingerprint density at radius 2 is 1.74 bits per heavy atom. The number of carbonyl (C=O) groups excluding carboxylic acids is 2. The lowest BCUT2D eigenvalue weighted by Crippen LogP contribution is -2.41. The van der Waals surface area contributed by atoms with Gasteiger partial charge in [0.05, 0.1) is 5.56 Å². The second-order valence-electron chi connectivity index (χ2n) is 9.10. The zero-order valence-corrected chi connectivity index (χ0v) is 19.7. The summed E-state index contributed by atoms with van der Waals surface area (Å²) < 4.78 is 38.9. The van der Waals surface area contributed by atoms with Gasteiger partial charge < -0.3 is 10.2 Å². The highest BCUT2D eigenvalue weighted by atomic mass is 19.4. The van der Waals surface area contributed by atoms with E-state index in [0.717, 1.165) is 35.4 Å². The van der Waals surface area contributed by atoms with Crippen molar-refractivity contribution in [1.82, 2.24) is 0 Å². The van der Waals surface area contributed by atoms with Crippen LogP contribution < -0.4 is 10.2 Å². The van der Waals surface area contributed by atoms with Crippen LogP contribution in [0.1, 0.15) is 48.9 Å². The van der Waals surface area contributed by atoms with Gasteiger partial charge >= 0.3 is 6.18 Å². The first kappa shape index (κ1) is 24.5. The van der Waals surface area contributed by atoms with E-state index in [9.17, 15) is 22.8 Å². The summed E-state index contributed by atoms with van der Waals surface area (Å²) in [7, 11) is 0. The number of hydrogen-bond donors (Lipinski definition) is 1. The Bertz CT molecular complexity index is 1240. The fourth-order valence-electron chi connectivity index (χ4n) is 4.70. The quantitative estimate of drug-likeness (QED) is 0.463. The van der Waals surface area contributed by atoms with Crippen molar-refractivity contribution in [2.75, 3.05) is 16.8 Å². The SMILES string of the molecule is CC(=O)N1CCC(C)(c2ccccc2)c2cc(NC(=O)CCc3cccc(C(F)(F)F)c3)ccc21. The molecular formula is C28H27F3N2O2. The first-order valence-corrected chi connectivity index (χ1v) is 11.5. The minimum atomic E-state index is -4.42. The van der Waals surface area contributed by atoms with Crippen LogP contribution >= 0.6 is 0 Å². The molecule has 0 aromatic heterocycles. The van der Waals surface area contributed by atoms with E-state index in [4.69, 9.17) is 0 Å². The Morgan fingerprint density at radius 1 is 1.00 bits per heavy atom. The van der Waals surface area contributed by atoms with Crippen molar-refractivity contribution in [1.29, 1.82) is 0 Å². The molecule has 1 unspecified atom stereocenters. The summed E-state index contributed by atoms with van der Waals surface area (Å²) in [4.78, 5) is 26.7. The number of nitrogens with one attached hydrogen (secondary N) is 1.